The molecule has 1 rings (SSSR count). The van der Waals surface area contributed by atoms with E-state index in [9.17, 15) is 0 Å². The maximum absolute atomic E-state index is 3.49. The maximum Gasteiger partial charge on any atom is 0.0205 e. The highest BCUT2D eigenvalue weighted by atomic mass is 14.8. The molecule has 0 atom stereocenters. The van der Waals surface area contributed by atoms with E-state index in [1.54, 1.807) is 0 Å². The van der Waals surface area contributed by atoms with Crippen molar-refractivity contribution in [3.8, 4) is 0 Å². The second kappa shape index (κ2) is 6.20. The van der Waals surface area contributed by atoms with Crippen LogP contribution < -0.4 is 5.32 Å². The summed E-state index contributed by atoms with van der Waals surface area (Å²) in [6, 6.07) is 8.98. The van der Waals surface area contributed by atoms with E-state index in [1.807, 2.05) is 0 Å². The Bertz CT molecular complexity index is 316. The molecule has 1 nitrogen and oxygen atoms in total. The maximum atomic E-state index is 3.49. The van der Waals surface area contributed by atoms with Crippen LogP contribution in [0.5, 0.6) is 0 Å². The number of nitrogens with one attached hydrogen (secondary N) is 1. The molecule has 0 bridgehead atoms. The average Bonchev–Trinajstić information content (AvgIpc) is 2.23. The molecule has 0 radical (unpaired) electrons. The predicted octanol–water partition coefficient (Wildman–Crippen LogP) is 4.12. The molecule has 1 aromatic carbocycles. The van der Waals surface area contributed by atoms with Crippen LogP contribution in [-0.4, -0.2) is 6.54 Å². The summed E-state index contributed by atoms with van der Waals surface area (Å²) >= 11 is 0. The number of hydrogen-bond donors (Lipinski definition) is 1. The lowest BCUT2D eigenvalue weighted by molar-refractivity contribution is 0.537. The van der Waals surface area contributed by atoms with Gasteiger partial charge in [0.2, 0.25) is 0 Å². The van der Waals surface area contributed by atoms with Crippen LogP contribution >= 0.6 is 0 Å². The lowest BCUT2D eigenvalue weighted by Crippen LogP contribution is -2.16. The summed E-state index contributed by atoms with van der Waals surface area (Å²) in [5, 5.41) is 3.49. The molecule has 0 saturated carbocycles. The van der Waals surface area contributed by atoms with Crippen LogP contribution in [0.25, 0.3) is 0 Å². The molecule has 0 amide bonds. The Morgan fingerprint density at radius 2 is 1.65 bits per heavy atom. The zero-order chi connectivity index (χ0) is 12.9. The Labute approximate surface area is 107 Å². The van der Waals surface area contributed by atoms with Crippen molar-refractivity contribution >= 4 is 0 Å². The lowest BCUT2D eigenvalue weighted by atomic mass is 9.87. The zero-order valence-corrected chi connectivity index (χ0v) is 12.0. The summed E-state index contributed by atoms with van der Waals surface area (Å²) in [5.74, 6) is 0.783. The topological polar surface area (TPSA) is 12.0 Å². The highest BCUT2D eigenvalue weighted by molar-refractivity contribution is 5.27. The predicted molar refractivity (Wildman–Crippen MR) is 76.3 cm³/mol. The SMILES string of the molecule is CC(C)CCNCc1ccc(C(C)(C)C)cc1. The molecule has 0 aliphatic heterocycles. The van der Waals surface area contributed by atoms with Gasteiger partial charge in [0.15, 0.2) is 0 Å². The van der Waals surface area contributed by atoms with Crippen molar-refractivity contribution in [1.82, 2.24) is 5.32 Å². The Hall–Kier alpha value is -0.820. The minimum Gasteiger partial charge on any atom is -0.313 e. The van der Waals surface area contributed by atoms with Crippen molar-refractivity contribution in [3.05, 3.63) is 35.4 Å². The van der Waals surface area contributed by atoms with Gasteiger partial charge in [0.05, 0.1) is 0 Å². The van der Waals surface area contributed by atoms with E-state index in [4.69, 9.17) is 0 Å². The Morgan fingerprint density at radius 3 is 2.12 bits per heavy atom. The summed E-state index contributed by atoms with van der Waals surface area (Å²) in [6.45, 7) is 13.4. The number of hydrogen-bond acceptors (Lipinski definition) is 1. The summed E-state index contributed by atoms with van der Waals surface area (Å²) in [5.41, 5.74) is 3.04. The van der Waals surface area contributed by atoms with E-state index in [2.05, 4.69) is 64.2 Å². The Kier molecular flexibility index (Phi) is 5.20. The molecular formula is C16H27N. The van der Waals surface area contributed by atoms with Gasteiger partial charge in [0.25, 0.3) is 0 Å². The van der Waals surface area contributed by atoms with Crippen molar-refractivity contribution < 1.29 is 0 Å². The summed E-state index contributed by atoms with van der Waals surface area (Å²) in [7, 11) is 0. The smallest absolute Gasteiger partial charge is 0.0205 e. The molecule has 17 heavy (non-hydrogen) atoms. The molecule has 1 aromatic rings. The zero-order valence-electron chi connectivity index (χ0n) is 12.0. The number of rotatable bonds is 5. The molecule has 1 heteroatoms. The van der Waals surface area contributed by atoms with Crippen LogP contribution in [0.15, 0.2) is 24.3 Å². The third kappa shape index (κ3) is 5.36. The standard InChI is InChI=1S/C16H27N/c1-13(2)10-11-17-12-14-6-8-15(9-7-14)16(3,4)5/h6-9,13,17H,10-12H2,1-5H3. The van der Waals surface area contributed by atoms with Gasteiger partial charge in [-0.25, -0.2) is 0 Å². The van der Waals surface area contributed by atoms with Crippen molar-refractivity contribution in [3.63, 3.8) is 0 Å². The third-order valence-corrected chi connectivity index (χ3v) is 3.05. The Morgan fingerprint density at radius 1 is 1.06 bits per heavy atom. The molecule has 0 aliphatic carbocycles. The molecule has 0 fully saturated rings. The monoisotopic (exact) mass is 233 g/mol. The largest absolute Gasteiger partial charge is 0.313 e. The van der Waals surface area contributed by atoms with Crippen molar-refractivity contribution in [2.75, 3.05) is 6.54 Å². The van der Waals surface area contributed by atoms with Gasteiger partial charge in [-0.3, -0.25) is 0 Å². The molecule has 0 unspecified atom stereocenters. The minimum absolute atomic E-state index is 0.254. The molecule has 0 spiro atoms. The van der Waals surface area contributed by atoms with Gasteiger partial charge >= 0.3 is 0 Å². The fourth-order valence-corrected chi connectivity index (χ4v) is 1.75. The van der Waals surface area contributed by atoms with E-state index in [0.717, 1.165) is 19.0 Å². The van der Waals surface area contributed by atoms with E-state index in [0.29, 0.717) is 0 Å². The molecular weight excluding hydrogens is 206 g/mol. The van der Waals surface area contributed by atoms with Gasteiger partial charge in [-0.2, -0.15) is 0 Å². The molecule has 96 valence electrons. The van der Waals surface area contributed by atoms with Crippen LogP contribution in [-0.2, 0) is 12.0 Å². The first-order valence-electron chi connectivity index (χ1n) is 6.69. The average molecular weight is 233 g/mol. The van der Waals surface area contributed by atoms with E-state index in [-0.39, 0.29) is 5.41 Å². The van der Waals surface area contributed by atoms with Crippen molar-refractivity contribution in [1.29, 1.82) is 0 Å². The van der Waals surface area contributed by atoms with Gasteiger partial charge in [-0.1, -0.05) is 58.9 Å². The number of benzene rings is 1. The van der Waals surface area contributed by atoms with Crippen LogP contribution in [0.1, 0.15) is 52.2 Å². The minimum atomic E-state index is 0.254. The van der Waals surface area contributed by atoms with Gasteiger partial charge in [0, 0.05) is 6.54 Å². The molecule has 0 heterocycles. The lowest BCUT2D eigenvalue weighted by Gasteiger charge is -2.19. The fraction of sp³-hybridized carbons (Fsp3) is 0.625. The molecule has 0 saturated heterocycles. The fourth-order valence-electron chi connectivity index (χ4n) is 1.75. The van der Waals surface area contributed by atoms with Gasteiger partial charge in [-0.15, -0.1) is 0 Å². The first-order chi connectivity index (χ1) is 7.89. The summed E-state index contributed by atoms with van der Waals surface area (Å²) in [6.07, 6.45) is 1.25. The van der Waals surface area contributed by atoms with Gasteiger partial charge < -0.3 is 5.32 Å². The van der Waals surface area contributed by atoms with Crippen LogP contribution in [0.2, 0.25) is 0 Å². The normalized spacial score (nSPS) is 12.1. The van der Waals surface area contributed by atoms with E-state index >= 15 is 0 Å². The second-order valence-electron chi connectivity index (χ2n) is 6.31. The van der Waals surface area contributed by atoms with Crippen LogP contribution in [0.4, 0.5) is 0 Å². The van der Waals surface area contributed by atoms with Gasteiger partial charge in [-0.05, 0) is 35.4 Å². The summed E-state index contributed by atoms with van der Waals surface area (Å²) < 4.78 is 0. The van der Waals surface area contributed by atoms with Gasteiger partial charge in [0.1, 0.15) is 0 Å². The molecule has 0 aromatic heterocycles. The molecule has 0 aliphatic rings. The van der Waals surface area contributed by atoms with Crippen LogP contribution in [0, 0.1) is 5.92 Å². The highest BCUT2D eigenvalue weighted by Gasteiger charge is 2.12. The molecule has 1 N–H and O–H groups in total. The highest BCUT2D eigenvalue weighted by Crippen LogP contribution is 2.22. The first kappa shape index (κ1) is 14.2. The van der Waals surface area contributed by atoms with Crippen molar-refractivity contribution in [2.24, 2.45) is 5.92 Å². The van der Waals surface area contributed by atoms with E-state index < -0.39 is 0 Å². The quantitative estimate of drug-likeness (QED) is 0.754. The second-order valence-corrected chi connectivity index (χ2v) is 6.31. The third-order valence-electron chi connectivity index (χ3n) is 3.05. The van der Waals surface area contributed by atoms with Crippen LogP contribution in [0.3, 0.4) is 0 Å². The van der Waals surface area contributed by atoms with Crippen molar-refractivity contribution in [2.45, 2.75) is 53.0 Å². The van der Waals surface area contributed by atoms with E-state index in [1.165, 1.54) is 17.5 Å². The Balaban J connectivity index is 2.41. The first-order valence-corrected chi connectivity index (χ1v) is 6.69. The summed E-state index contributed by atoms with van der Waals surface area (Å²) in [4.78, 5) is 0.